The summed E-state index contributed by atoms with van der Waals surface area (Å²) in [5, 5.41) is 0. The van der Waals surface area contributed by atoms with Crippen molar-refractivity contribution in [1.29, 1.82) is 0 Å². The number of pyridine rings is 1. The molecule has 27 heavy (non-hydrogen) atoms. The number of aromatic nitrogens is 1. The summed E-state index contributed by atoms with van der Waals surface area (Å²) < 4.78 is 12.6. The molecular weight excluding hydrogens is 348 g/mol. The number of ether oxygens (including phenoxy) is 2. The first-order chi connectivity index (χ1) is 13.0. The lowest BCUT2D eigenvalue weighted by molar-refractivity contribution is 0.0469. The van der Waals surface area contributed by atoms with Crippen molar-refractivity contribution < 1.29 is 19.1 Å². The van der Waals surface area contributed by atoms with Crippen LogP contribution in [0.25, 0.3) is 0 Å². The van der Waals surface area contributed by atoms with E-state index < -0.39 is 11.4 Å². The van der Waals surface area contributed by atoms with Gasteiger partial charge < -0.3 is 18.9 Å². The van der Waals surface area contributed by atoms with Crippen LogP contribution in [-0.4, -0.2) is 46.1 Å². The fourth-order valence-corrected chi connectivity index (χ4v) is 4.86. The monoisotopic (exact) mass is 374 g/mol. The van der Waals surface area contributed by atoms with Gasteiger partial charge in [-0.05, 0) is 39.0 Å². The quantitative estimate of drug-likeness (QED) is 0.564. The average molecular weight is 374 g/mol. The normalized spacial score (nSPS) is 25.3. The van der Waals surface area contributed by atoms with E-state index in [9.17, 15) is 14.4 Å². The zero-order valence-corrected chi connectivity index (χ0v) is 16.0. The van der Waals surface area contributed by atoms with Gasteiger partial charge in [-0.2, -0.15) is 0 Å². The number of hydrogen-bond acceptors (Lipinski definition) is 5. The highest BCUT2D eigenvalue weighted by atomic mass is 16.5. The van der Waals surface area contributed by atoms with Gasteiger partial charge in [0.25, 0.3) is 5.91 Å². The van der Waals surface area contributed by atoms with Crippen molar-refractivity contribution in [1.82, 2.24) is 9.47 Å². The Morgan fingerprint density at radius 3 is 2.67 bits per heavy atom. The molecule has 0 unspecified atom stereocenters. The fourth-order valence-electron chi connectivity index (χ4n) is 4.86. The number of nitrogens with zero attached hydrogens (tertiary/aromatic N) is 2. The largest absolute Gasteiger partial charge is 0.487 e. The van der Waals surface area contributed by atoms with Crippen LogP contribution in [0.1, 0.15) is 73.2 Å². The fraction of sp³-hybridized carbons (Fsp3) is 0.650. The molecule has 7 nitrogen and oxygen atoms in total. The van der Waals surface area contributed by atoms with Gasteiger partial charge in [-0.25, -0.2) is 4.79 Å². The summed E-state index contributed by atoms with van der Waals surface area (Å²) in [4.78, 5) is 40.6. The van der Waals surface area contributed by atoms with Crippen LogP contribution in [0.4, 0.5) is 0 Å². The lowest BCUT2D eigenvalue weighted by atomic mass is 9.86. The maximum atomic E-state index is 13.3. The average Bonchev–Trinajstić information content (AvgIpc) is 3.19. The molecule has 2 fully saturated rings. The van der Waals surface area contributed by atoms with E-state index in [1.54, 1.807) is 11.5 Å². The summed E-state index contributed by atoms with van der Waals surface area (Å²) in [6.07, 6.45) is 7.12. The van der Waals surface area contributed by atoms with Crippen molar-refractivity contribution in [2.45, 2.75) is 70.5 Å². The van der Waals surface area contributed by atoms with Crippen molar-refractivity contribution >= 4 is 11.9 Å². The van der Waals surface area contributed by atoms with Gasteiger partial charge in [0.05, 0.1) is 18.8 Å². The molecule has 3 aliphatic heterocycles. The van der Waals surface area contributed by atoms with Gasteiger partial charge in [0.2, 0.25) is 5.43 Å². The Morgan fingerprint density at radius 2 is 2.00 bits per heavy atom. The first-order valence-corrected chi connectivity index (χ1v) is 9.93. The minimum atomic E-state index is -0.666. The third-order valence-corrected chi connectivity index (χ3v) is 6.13. The molecule has 2 bridgehead atoms. The number of carbonyl (C=O) groups excluding carboxylic acids is 2. The van der Waals surface area contributed by atoms with Crippen molar-refractivity contribution in [3.05, 3.63) is 27.7 Å². The molecule has 0 aliphatic carbocycles. The van der Waals surface area contributed by atoms with Crippen LogP contribution in [0.2, 0.25) is 0 Å². The van der Waals surface area contributed by atoms with E-state index in [4.69, 9.17) is 9.47 Å². The molecule has 4 heterocycles. The van der Waals surface area contributed by atoms with Crippen LogP contribution in [0.15, 0.2) is 11.0 Å². The molecule has 146 valence electrons. The maximum Gasteiger partial charge on any atom is 0.343 e. The van der Waals surface area contributed by atoms with E-state index in [1.807, 2.05) is 11.8 Å². The predicted octanol–water partition coefficient (Wildman–Crippen LogP) is 2.35. The number of rotatable bonds is 6. The molecule has 0 spiro atoms. The summed E-state index contributed by atoms with van der Waals surface area (Å²) in [6, 6.07) is 0.259. The zero-order chi connectivity index (χ0) is 19.2. The first-order valence-electron chi connectivity index (χ1n) is 9.93. The lowest BCUT2D eigenvalue weighted by Crippen LogP contribution is -2.53. The van der Waals surface area contributed by atoms with Crippen molar-refractivity contribution in [2.75, 3.05) is 13.2 Å². The molecule has 7 heteroatoms. The second kappa shape index (κ2) is 6.69. The van der Waals surface area contributed by atoms with E-state index in [2.05, 4.69) is 0 Å². The highest BCUT2D eigenvalue weighted by molar-refractivity contribution is 5.99. The molecule has 4 rings (SSSR count). The van der Waals surface area contributed by atoms with Crippen LogP contribution >= 0.6 is 0 Å². The Morgan fingerprint density at radius 1 is 1.26 bits per heavy atom. The summed E-state index contributed by atoms with van der Waals surface area (Å²) in [6.45, 7) is 4.85. The second-order valence-electron chi connectivity index (χ2n) is 7.73. The summed E-state index contributed by atoms with van der Waals surface area (Å²) >= 11 is 0. The number of hydrogen-bond donors (Lipinski definition) is 0. The standard InChI is InChI=1S/C20H26N2O5/c1-3-5-10-27-17-15-18(24)22-13-6-8-20(22,9-7-13)12-21(15)11-14(16(17)23)19(25)26-4-2/h11,13H,3-10,12H2,1-2H3. The van der Waals surface area contributed by atoms with Crippen LogP contribution in [0.3, 0.4) is 0 Å². The van der Waals surface area contributed by atoms with Gasteiger partial charge in [0.15, 0.2) is 11.4 Å². The minimum Gasteiger partial charge on any atom is -0.487 e. The lowest BCUT2D eigenvalue weighted by Gasteiger charge is -2.41. The molecule has 0 N–H and O–H groups in total. The summed E-state index contributed by atoms with van der Waals surface area (Å²) in [5.41, 5.74) is -0.506. The topological polar surface area (TPSA) is 77.8 Å². The Balaban J connectivity index is 1.83. The van der Waals surface area contributed by atoms with E-state index in [1.165, 1.54) is 6.20 Å². The number of amides is 1. The molecule has 1 aromatic rings. The van der Waals surface area contributed by atoms with E-state index >= 15 is 0 Å². The predicted molar refractivity (Wildman–Crippen MR) is 98.2 cm³/mol. The molecule has 0 radical (unpaired) electrons. The summed E-state index contributed by atoms with van der Waals surface area (Å²) in [5.74, 6) is -0.804. The van der Waals surface area contributed by atoms with E-state index in [-0.39, 0.29) is 41.1 Å². The molecule has 0 saturated carbocycles. The Kier molecular flexibility index (Phi) is 4.48. The third kappa shape index (κ3) is 2.66. The van der Waals surface area contributed by atoms with Crippen LogP contribution < -0.4 is 10.2 Å². The van der Waals surface area contributed by atoms with Gasteiger partial charge >= 0.3 is 5.97 Å². The number of unbranched alkanes of at least 4 members (excludes halogenated alkanes) is 1. The highest BCUT2D eigenvalue weighted by Crippen LogP contribution is 2.50. The Hall–Kier alpha value is -2.31. The smallest absolute Gasteiger partial charge is 0.343 e. The zero-order valence-electron chi connectivity index (χ0n) is 16.0. The van der Waals surface area contributed by atoms with Crippen LogP contribution in [-0.2, 0) is 11.3 Å². The van der Waals surface area contributed by atoms with Crippen molar-refractivity contribution in [3.63, 3.8) is 0 Å². The number of esters is 1. The SMILES string of the molecule is CCCCOc1c2n(cc(C(=O)OCC)c1=O)CC13CCC(CC1)N3C2=O. The number of fused-ring (bicyclic) bond motifs is 1. The van der Waals surface area contributed by atoms with Gasteiger partial charge in [0.1, 0.15) is 5.56 Å². The molecule has 2 saturated heterocycles. The molecule has 0 atom stereocenters. The molecule has 1 amide bonds. The van der Waals surface area contributed by atoms with Crippen LogP contribution in [0.5, 0.6) is 5.75 Å². The van der Waals surface area contributed by atoms with Gasteiger partial charge in [-0.3, -0.25) is 9.59 Å². The minimum absolute atomic E-state index is 0.000142. The molecule has 3 aliphatic rings. The third-order valence-electron chi connectivity index (χ3n) is 6.13. The van der Waals surface area contributed by atoms with Crippen molar-refractivity contribution in [2.24, 2.45) is 0 Å². The van der Waals surface area contributed by atoms with Gasteiger partial charge in [-0.1, -0.05) is 13.3 Å². The number of carbonyl (C=O) groups is 2. The maximum absolute atomic E-state index is 13.3. The summed E-state index contributed by atoms with van der Waals surface area (Å²) in [7, 11) is 0. The van der Waals surface area contributed by atoms with Gasteiger partial charge in [-0.15, -0.1) is 0 Å². The Labute approximate surface area is 158 Å². The molecule has 1 aromatic heterocycles. The highest BCUT2D eigenvalue weighted by Gasteiger charge is 2.57. The van der Waals surface area contributed by atoms with E-state index in [0.29, 0.717) is 13.2 Å². The second-order valence-corrected chi connectivity index (χ2v) is 7.73. The van der Waals surface area contributed by atoms with Crippen molar-refractivity contribution in [3.8, 4) is 5.75 Å². The molecular formula is C20H26N2O5. The van der Waals surface area contributed by atoms with Crippen LogP contribution in [0, 0.1) is 0 Å². The Bertz CT molecular complexity index is 836. The van der Waals surface area contributed by atoms with Gasteiger partial charge in [0, 0.05) is 18.8 Å². The first kappa shape index (κ1) is 18.1. The van der Waals surface area contributed by atoms with E-state index in [0.717, 1.165) is 38.5 Å². The molecule has 0 aromatic carbocycles.